The van der Waals surface area contributed by atoms with E-state index in [4.69, 9.17) is 4.65 Å². The van der Waals surface area contributed by atoms with E-state index in [2.05, 4.69) is 4.84 Å². The highest BCUT2D eigenvalue weighted by atomic mass is 19.4. The molecule has 1 aliphatic heterocycles. The number of nitrogens with one attached hydrogen (secondary N) is 1. The van der Waals surface area contributed by atoms with Gasteiger partial charge in [-0.3, -0.25) is 9.63 Å². The van der Waals surface area contributed by atoms with Crippen LogP contribution in [0.5, 0.6) is 0 Å². The first kappa shape index (κ1) is 12.9. The number of hydrogen-bond donors (Lipinski definition) is 1. The van der Waals surface area contributed by atoms with E-state index in [0.717, 1.165) is 6.07 Å². The first-order valence-corrected chi connectivity index (χ1v) is 4.95. The van der Waals surface area contributed by atoms with Crippen molar-refractivity contribution in [3.05, 3.63) is 28.8 Å². The molecule has 0 unspecified atom stereocenters. The second-order valence-corrected chi connectivity index (χ2v) is 3.65. The number of benzene rings is 1. The fraction of sp³-hybridized carbons (Fsp3) is 0.300. The van der Waals surface area contributed by atoms with Gasteiger partial charge in [-0.15, -0.1) is 0 Å². The Bertz CT molecular complexity index is 490. The minimum atomic E-state index is -4.53. The molecule has 4 nitrogen and oxygen atoms in total. The summed E-state index contributed by atoms with van der Waals surface area (Å²) in [7, 11) is 2.40. The molecular weight excluding hydrogens is 250 g/mol. The molecule has 0 atom stereocenters. The lowest BCUT2D eigenvalue weighted by Gasteiger charge is -2.13. The van der Waals surface area contributed by atoms with Crippen molar-refractivity contribution in [1.29, 1.82) is 0 Å². The maximum atomic E-state index is 12.8. The van der Waals surface area contributed by atoms with E-state index in [1.165, 1.54) is 20.7 Å². The number of carbonyl (C=O) groups excluding carboxylic acids is 1. The lowest BCUT2D eigenvalue weighted by molar-refractivity contribution is -0.138. The molecule has 1 N–H and O–H groups in total. The first-order valence-electron chi connectivity index (χ1n) is 4.95. The van der Waals surface area contributed by atoms with Crippen molar-refractivity contribution in [2.24, 2.45) is 0 Å². The Morgan fingerprint density at radius 2 is 2.22 bits per heavy atom. The van der Waals surface area contributed by atoms with Gasteiger partial charge in [0.2, 0.25) is 0 Å². The number of amides is 1. The van der Waals surface area contributed by atoms with Crippen LogP contribution in [-0.4, -0.2) is 20.5 Å². The predicted octanol–water partition coefficient (Wildman–Crippen LogP) is 0.771. The van der Waals surface area contributed by atoms with Crippen LogP contribution in [0.15, 0.2) is 12.1 Å². The smallest absolute Gasteiger partial charge is 0.416 e. The van der Waals surface area contributed by atoms with Gasteiger partial charge in [-0.1, -0.05) is 6.07 Å². The molecule has 1 amide bonds. The van der Waals surface area contributed by atoms with Crippen LogP contribution in [0.4, 0.5) is 13.2 Å². The Balaban J connectivity index is 2.49. The first-order chi connectivity index (χ1) is 8.43. The van der Waals surface area contributed by atoms with Gasteiger partial charge in [0.05, 0.1) is 19.3 Å². The van der Waals surface area contributed by atoms with Crippen molar-refractivity contribution >= 4 is 18.9 Å². The summed E-state index contributed by atoms with van der Waals surface area (Å²) in [5.74, 6) is -0.744. The fourth-order valence-electron chi connectivity index (χ4n) is 1.71. The molecule has 0 aromatic heterocycles. The molecule has 1 aromatic carbocycles. The van der Waals surface area contributed by atoms with Gasteiger partial charge < -0.3 is 4.65 Å². The number of alkyl halides is 3. The second-order valence-electron chi connectivity index (χ2n) is 3.65. The Hall–Kier alpha value is -1.54. The summed E-state index contributed by atoms with van der Waals surface area (Å²) in [6.45, 7) is -0.143. The quantitative estimate of drug-likeness (QED) is 0.629. The molecule has 0 saturated carbocycles. The average Bonchev–Trinajstić information content (AvgIpc) is 2.74. The monoisotopic (exact) mass is 258 g/mol. The molecule has 1 aliphatic rings. The Labute approximate surface area is 101 Å². The Morgan fingerprint density at radius 3 is 2.83 bits per heavy atom. The number of hydroxylamine groups is 1. The molecule has 95 valence electrons. The van der Waals surface area contributed by atoms with Crippen LogP contribution < -0.4 is 10.9 Å². The molecule has 1 radical (unpaired) electrons. The van der Waals surface area contributed by atoms with Crippen LogP contribution in [0, 0.1) is 0 Å². The van der Waals surface area contributed by atoms with Crippen molar-refractivity contribution in [2.75, 3.05) is 7.11 Å². The summed E-state index contributed by atoms with van der Waals surface area (Å²) >= 11 is 0. The van der Waals surface area contributed by atoms with Crippen molar-refractivity contribution in [2.45, 2.75) is 12.8 Å². The van der Waals surface area contributed by atoms with E-state index in [9.17, 15) is 18.0 Å². The number of halogens is 3. The summed E-state index contributed by atoms with van der Waals surface area (Å²) in [5, 5.41) is 0. The van der Waals surface area contributed by atoms with Crippen molar-refractivity contribution in [3.8, 4) is 0 Å². The number of rotatable bonds is 2. The van der Waals surface area contributed by atoms with Crippen molar-refractivity contribution in [1.82, 2.24) is 5.48 Å². The summed E-state index contributed by atoms with van der Waals surface area (Å²) in [4.78, 5) is 15.8. The normalized spacial score (nSPS) is 14.0. The summed E-state index contributed by atoms with van der Waals surface area (Å²) in [5.41, 5.74) is 1.26. The molecule has 1 aromatic rings. The van der Waals surface area contributed by atoms with E-state index in [1.54, 1.807) is 0 Å². The maximum absolute atomic E-state index is 12.8. The van der Waals surface area contributed by atoms with Gasteiger partial charge >= 0.3 is 13.7 Å². The summed E-state index contributed by atoms with van der Waals surface area (Å²) < 4.78 is 43.4. The van der Waals surface area contributed by atoms with Crippen LogP contribution in [0.1, 0.15) is 21.5 Å². The van der Waals surface area contributed by atoms with Crippen LogP contribution in [0.3, 0.4) is 0 Å². The lowest BCUT2D eigenvalue weighted by atomic mass is 9.83. The number of carbonyl (C=O) groups is 1. The fourth-order valence-corrected chi connectivity index (χ4v) is 1.71. The highest BCUT2D eigenvalue weighted by Gasteiger charge is 2.37. The van der Waals surface area contributed by atoms with E-state index in [1.807, 2.05) is 5.48 Å². The molecular formula is C10H8BF3NO3. The second kappa shape index (κ2) is 4.62. The van der Waals surface area contributed by atoms with Crippen LogP contribution in [-0.2, 0) is 22.3 Å². The van der Waals surface area contributed by atoms with Gasteiger partial charge in [0, 0.05) is 5.56 Å². The van der Waals surface area contributed by atoms with Gasteiger partial charge in [-0.2, -0.15) is 13.2 Å². The molecule has 2 rings (SSSR count). The number of fused-ring (bicyclic) bond motifs is 1. The third kappa shape index (κ3) is 2.34. The molecule has 0 spiro atoms. The van der Waals surface area contributed by atoms with Gasteiger partial charge in [-0.25, -0.2) is 5.48 Å². The van der Waals surface area contributed by atoms with E-state index < -0.39 is 17.6 Å². The molecule has 0 fully saturated rings. The van der Waals surface area contributed by atoms with Crippen LogP contribution >= 0.6 is 0 Å². The molecule has 1 heterocycles. The maximum Gasteiger partial charge on any atom is 0.416 e. The topological polar surface area (TPSA) is 47.6 Å². The van der Waals surface area contributed by atoms with E-state index >= 15 is 0 Å². The SMILES string of the molecule is CONC(=O)c1cc2c(c(C(F)(F)F)c1)CO[B]2. The Kier molecular flexibility index (Phi) is 3.31. The average molecular weight is 258 g/mol. The Morgan fingerprint density at radius 1 is 1.50 bits per heavy atom. The van der Waals surface area contributed by atoms with Gasteiger partial charge in [-0.05, 0) is 17.1 Å². The van der Waals surface area contributed by atoms with Crippen molar-refractivity contribution in [3.63, 3.8) is 0 Å². The van der Waals surface area contributed by atoms with Crippen molar-refractivity contribution < 1.29 is 27.5 Å². The summed E-state index contributed by atoms with van der Waals surface area (Å²) in [6.07, 6.45) is -4.53. The molecule has 0 bridgehead atoms. The predicted molar refractivity (Wildman–Crippen MR) is 56.1 cm³/mol. The van der Waals surface area contributed by atoms with Gasteiger partial charge in [0.25, 0.3) is 5.91 Å². The highest BCUT2D eigenvalue weighted by Crippen LogP contribution is 2.33. The zero-order chi connectivity index (χ0) is 13.3. The minimum absolute atomic E-state index is 0.0384. The summed E-state index contributed by atoms with van der Waals surface area (Å²) in [6, 6.07) is 2.11. The standard InChI is InChI=1S/C10H8BF3NO3/c1-17-15-9(16)5-2-7(10(12,13)14)6-4-18-11-8(6)3-5/h2-3H,4H2,1H3,(H,15,16). The van der Waals surface area contributed by atoms with Crippen LogP contribution in [0.25, 0.3) is 0 Å². The van der Waals surface area contributed by atoms with Gasteiger partial charge in [0.15, 0.2) is 0 Å². The molecule has 8 heteroatoms. The molecule has 0 aliphatic carbocycles. The zero-order valence-corrected chi connectivity index (χ0v) is 9.30. The number of hydrogen-bond acceptors (Lipinski definition) is 3. The minimum Gasteiger partial charge on any atom is -0.430 e. The lowest BCUT2D eigenvalue weighted by Crippen LogP contribution is -2.26. The van der Waals surface area contributed by atoms with Gasteiger partial charge in [0.1, 0.15) is 0 Å². The van der Waals surface area contributed by atoms with E-state index in [-0.39, 0.29) is 23.2 Å². The largest absolute Gasteiger partial charge is 0.430 e. The third-order valence-electron chi connectivity index (χ3n) is 2.48. The van der Waals surface area contributed by atoms with E-state index in [0.29, 0.717) is 0 Å². The molecule has 18 heavy (non-hydrogen) atoms. The third-order valence-corrected chi connectivity index (χ3v) is 2.48. The van der Waals surface area contributed by atoms with Crippen LogP contribution in [0.2, 0.25) is 0 Å². The molecule has 0 saturated heterocycles. The zero-order valence-electron chi connectivity index (χ0n) is 9.30. The highest BCUT2D eigenvalue weighted by molar-refractivity contribution is 6.49.